The summed E-state index contributed by atoms with van der Waals surface area (Å²) < 4.78 is 12.8. The molecule has 6 heteroatoms. The monoisotopic (exact) mass is 422 g/mol. The molecule has 1 aromatic heterocycles. The lowest BCUT2D eigenvalue weighted by Crippen LogP contribution is -2.26. The molecule has 164 valence electrons. The summed E-state index contributed by atoms with van der Waals surface area (Å²) in [5, 5.41) is 8.70. The van der Waals surface area contributed by atoms with E-state index in [9.17, 15) is 9.59 Å². The van der Waals surface area contributed by atoms with Gasteiger partial charge in [-0.2, -0.15) is 5.26 Å². The Morgan fingerprint density at radius 3 is 2.71 bits per heavy atom. The van der Waals surface area contributed by atoms with Gasteiger partial charge in [0.2, 0.25) is 0 Å². The van der Waals surface area contributed by atoms with Crippen LogP contribution >= 0.6 is 0 Å². The number of fused-ring (bicyclic) bond motifs is 3. The molecule has 1 unspecified atom stereocenters. The molecule has 31 heavy (non-hydrogen) atoms. The van der Waals surface area contributed by atoms with Crippen LogP contribution in [0.25, 0.3) is 11.3 Å². The number of rotatable bonds is 9. The summed E-state index contributed by atoms with van der Waals surface area (Å²) in [7, 11) is 1.66. The SMILES string of the molecule is CCOC(=O)c1cn2c(cc1=O)-c1cc(OC)c(CCCCCC#N)cc1CC2CC. The lowest BCUT2D eigenvalue weighted by molar-refractivity contribution is 0.0523. The molecule has 0 radical (unpaired) electrons. The highest BCUT2D eigenvalue weighted by atomic mass is 16.5. The molecule has 0 fully saturated rings. The molecule has 1 aliphatic heterocycles. The Hall–Kier alpha value is -3.07. The highest BCUT2D eigenvalue weighted by Crippen LogP contribution is 2.39. The number of aromatic nitrogens is 1. The summed E-state index contributed by atoms with van der Waals surface area (Å²) in [6.45, 7) is 4.07. The molecule has 1 aromatic carbocycles. The Bertz CT molecular complexity index is 1050. The number of benzene rings is 1. The van der Waals surface area contributed by atoms with Gasteiger partial charge in [-0.3, -0.25) is 4.79 Å². The van der Waals surface area contributed by atoms with E-state index in [1.54, 1.807) is 26.3 Å². The van der Waals surface area contributed by atoms with E-state index in [0.717, 1.165) is 61.1 Å². The molecule has 2 aromatic rings. The third kappa shape index (κ3) is 4.82. The van der Waals surface area contributed by atoms with Crippen molar-refractivity contribution in [2.45, 2.75) is 64.8 Å². The molecule has 0 bridgehead atoms. The number of carbonyl (C=O) groups excluding carboxylic acids is 1. The van der Waals surface area contributed by atoms with E-state index in [2.05, 4.69) is 19.1 Å². The number of ether oxygens (including phenoxy) is 2. The third-order valence-corrected chi connectivity index (χ3v) is 5.91. The number of hydrogen-bond acceptors (Lipinski definition) is 5. The van der Waals surface area contributed by atoms with Gasteiger partial charge in [-0.05, 0) is 56.2 Å². The molecule has 2 heterocycles. The fourth-order valence-electron chi connectivity index (χ4n) is 4.29. The number of esters is 1. The van der Waals surface area contributed by atoms with Crippen LogP contribution in [0.5, 0.6) is 5.75 Å². The first-order chi connectivity index (χ1) is 15.0. The molecule has 1 atom stereocenters. The minimum absolute atomic E-state index is 0.0773. The number of aryl methyl sites for hydroxylation is 1. The standard InChI is InChI=1S/C25H30N2O4/c1-4-19-13-18-12-17(10-8-6-7-9-11-26)24(30-3)14-20(18)22-15-23(28)21(16-27(19)22)25(29)31-5-2/h12,14-16,19H,4-10,13H2,1-3H3. The number of nitriles is 1. The molecule has 6 nitrogen and oxygen atoms in total. The summed E-state index contributed by atoms with van der Waals surface area (Å²) in [6, 6.07) is 8.12. The third-order valence-electron chi connectivity index (χ3n) is 5.91. The lowest BCUT2D eigenvalue weighted by Gasteiger charge is -2.31. The van der Waals surface area contributed by atoms with Crippen molar-refractivity contribution in [3.8, 4) is 23.1 Å². The van der Waals surface area contributed by atoms with Gasteiger partial charge in [0.25, 0.3) is 0 Å². The molecule has 0 amide bonds. The minimum Gasteiger partial charge on any atom is -0.496 e. The van der Waals surface area contributed by atoms with Crippen LogP contribution in [0.1, 0.15) is 73.5 Å². The second-order valence-corrected chi connectivity index (χ2v) is 7.87. The van der Waals surface area contributed by atoms with Gasteiger partial charge in [0, 0.05) is 30.3 Å². The zero-order valence-corrected chi connectivity index (χ0v) is 18.6. The second-order valence-electron chi connectivity index (χ2n) is 7.87. The van der Waals surface area contributed by atoms with Gasteiger partial charge in [0.1, 0.15) is 11.3 Å². The zero-order valence-electron chi connectivity index (χ0n) is 18.6. The van der Waals surface area contributed by atoms with Crippen molar-refractivity contribution < 1.29 is 14.3 Å². The maximum absolute atomic E-state index is 12.7. The van der Waals surface area contributed by atoms with E-state index in [-0.39, 0.29) is 23.6 Å². The van der Waals surface area contributed by atoms with Gasteiger partial charge in [-0.15, -0.1) is 0 Å². The molecular formula is C25H30N2O4. The number of pyridine rings is 1. The molecule has 1 aliphatic rings. The molecule has 3 rings (SSSR count). The number of nitrogens with zero attached hydrogens (tertiary/aromatic N) is 2. The molecule has 0 saturated carbocycles. The van der Waals surface area contributed by atoms with Crippen molar-refractivity contribution in [2.75, 3.05) is 13.7 Å². The van der Waals surface area contributed by atoms with Crippen molar-refractivity contribution in [2.24, 2.45) is 0 Å². The van der Waals surface area contributed by atoms with Crippen molar-refractivity contribution in [1.29, 1.82) is 5.26 Å². The Kier molecular flexibility index (Phi) is 7.51. The number of hydrogen-bond donors (Lipinski definition) is 0. The topological polar surface area (TPSA) is 81.3 Å². The largest absolute Gasteiger partial charge is 0.496 e. The fourth-order valence-corrected chi connectivity index (χ4v) is 4.29. The van der Waals surface area contributed by atoms with Gasteiger partial charge in [0.05, 0.1) is 25.5 Å². The Morgan fingerprint density at radius 1 is 1.23 bits per heavy atom. The van der Waals surface area contributed by atoms with Crippen molar-refractivity contribution in [3.05, 3.63) is 51.3 Å². The summed E-state index contributed by atoms with van der Waals surface area (Å²) in [5.74, 6) is 0.232. The Labute approximate surface area is 183 Å². The van der Waals surface area contributed by atoms with Crippen LogP contribution in [-0.2, 0) is 17.6 Å². The van der Waals surface area contributed by atoms with Crippen molar-refractivity contribution >= 4 is 5.97 Å². The molecule has 0 aliphatic carbocycles. The Morgan fingerprint density at radius 2 is 2.03 bits per heavy atom. The average molecular weight is 423 g/mol. The normalized spacial score (nSPS) is 14.3. The van der Waals surface area contributed by atoms with E-state index < -0.39 is 5.97 Å². The number of carbonyl (C=O) groups is 1. The second kappa shape index (κ2) is 10.3. The molecule has 0 spiro atoms. The van der Waals surface area contributed by atoms with Crippen molar-refractivity contribution in [3.63, 3.8) is 0 Å². The first-order valence-corrected chi connectivity index (χ1v) is 11.0. The highest BCUT2D eigenvalue weighted by molar-refractivity contribution is 5.89. The zero-order chi connectivity index (χ0) is 22.4. The predicted molar refractivity (Wildman–Crippen MR) is 119 cm³/mol. The first kappa shape index (κ1) is 22.6. The Balaban J connectivity index is 2.00. The maximum Gasteiger partial charge on any atom is 0.343 e. The van der Waals surface area contributed by atoms with Crippen LogP contribution in [0, 0.1) is 11.3 Å². The average Bonchev–Trinajstić information content (AvgIpc) is 2.77. The van der Waals surface area contributed by atoms with E-state index >= 15 is 0 Å². The molecule has 0 saturated heterocycles. The van der Waals surface area contributed by atoms with Crippen LogP contribution in [0.3, 0.4) is 0 Å². The summed E-state index contributed by atoms with van der Waals surface area (Å²) >= 11 is 0. The van der Waals surface area contributed by atoms with Gasteiger partial charge in [-0.1, -0.05) is 19.4 Å². The smallest absolute Gasteiger partial charge is 0.343 e. The van der Waals surface area contributed by atoms with Crippen LogP contribution in [0.15, 0.2) is 29.2 Å². The van der Waals surface area contributed by atoms with E-state index in [4.69, 9.17) is 14.7 Å². The van der Waals surface area contributed by atoms with Crippen LogP contribution < -0.4 is 10.2 Å². The lowest BCUT2D eigenvalue weighted by atomic mass is 9.88. The number of unbranched alkanes of at least 4 members (excludes halogenated alkanes) is 3. The molecular weight excluding hydrogens is 392 g/mol. The highest BCUT2D eigenvalue weighted by Gasteiger charge is 2.26. The van der Waals surface area contributed by atoms with Gasteiger partial charge in [-0.25, -0.2) is 4.79 Å². The molecule has 0 N–H and O–H groups in total. The van der Waals surface area contributed by atoms with Crippen molar-refractivity contribution in [1.82, 2.24) is 4.57 Å². The predicted octanol–water partition coefficient (Wildman–Crippen LogP) is 4.83. The van der Waals surface area contributed by atoms with Crippen LogP contribution in [0.2, 0.25) is 0 Å². The first-order valence-electron chi connectivity index (χ1n) is 11.0. The van der Waals surface area contributed by atoms with E-state index in [1.165, 1.54) is 5.56 Å². The number of methoxy groups -OCH3 is 1. The van der Waals surface area contributed by atoms with Gasteiger partial charge < -0.3 is 14.0 Å². The van der Waals surface area contributed by atoms with Gasteiger partial charge in [0.15, 0.2) is 5.43 Å². The maximum atomic E-state index is 12.7. The van der Waals surface area contributed by atoms with Gasteiger partial charge >= 0.3 is 5.97 Å². The van der Waals surface area contributed by atoms with Crippen LogP contribution in [0.4, 0.5) is 0 Å². The van der Waals surface area contributed by atoms with E-state index in [0.29, 0.717) is 6.42 Å². The van der Waals surface area contributed by atoms with E-state index in [1.807, 2.05) is 10.6 Å². The van der Waals surface area contributed by atoms with Crippen LogP contribution in [-0.4, -0.2) is 24.3 Å². The summed E-state index contributed by atoms with van der Waals surface area (Å²) in [5.41, 5.74) is 3.89. The summed E-state index contributed by atoms with van der Waals surface area (Å²) in [6.07, 6.45) is 7.80. The minimum atomic E-state index is -0.576. The summed E-state index contributed by atoms with van der Waals surface area (Å²) in [4.78, 5) is 24.9. The fraction of sp³-hybridized carbons (Fsp3) is 0.480. The quantitative estimate of drug-likeness (QED) is 0.427.